The SMILES string of the molecule is [2H]C([2H])(C(C)=O)N(N=O)C([2H])([2H])C(C)=O. The van der Waals surface area contributed by atoms with Gasteiger partial charge in [0.05, 0.1) is 23.8 Å². The van der Waals surface area contributed by atoms with Crippen molar-refractivity contribution in [3.05, 3.63) is 4.91 Å². The fourth-order valence-corrected chi connectivity index (χ4v) is 0.367. The molecule has 0 N–H and O–H groups in total. The number of carbonyl (C=O) groups is 2. The van der Waals surface area contributed by atoms with Crippen LogP contribution in [0.1, 0.15) is 19.3 Å². The Hall–Kier alpha value is -1.26. The number of hydrogen-bond donors (Lipinski definition) is 0. The Morgan fingerprint density at radius 2 is 1.73 bits per heavy atom. The molecule has 0 spiro atoms. The van der Waals surface area contributed by atoms with Crippen LogP contribution in [0.4, 0.5) is 0 Å². The van der Waals surface area contributed by atoms with Crippen LogP contribution in [0, 0.1) is 4.91 Å². The number of nitroso groups, excluding NO2 is 1. The van der Waals surface area contributed by atoms with Crippen molar-refractivity contribution in [1.82, 2.24) is 5.01 Å². The third-order valence-electron chi connectivity index (χ3n) is 0.608. The molecule has 0 aromatic rings. The summed E-state index contributed by atoms with van der Waals surface area (Å²) in [6.07, 6.45) is 0. The molecule has 0 fully saturated rings. The fraction of sp³-hybridized carbons (Fsp3) is 0.667. The molecule has 0 aliphatic heterocycles. The van der Waals surface area contributed by atoms with Crippen LogP contribution in [0.3, 0.4) is 0 Å². The quantitative estimate of drug-likeness (QED) is 0.426. The highest BCUT2D eigenvalue weighted by Gasteiger charge is 2.07. The Morgan fingerprint density at radius 1 is 1.36 bits per heavy atom. The van der Waals surface area contributed by atoms with E-state index >= 15 is 0 Å². The molecule has 0 amide bonds. The number of carbonyl (C=O) groups excluding carboxylic acids is 2. The molecule has 0 radical (unpaired) electrons. The zero-order chi connectivity index (χ0) is 12.4. The molecule has 0 unspecified atom stereocenters. The van der Waals surface area contributed by atoms with Crippen molar-refractivity contribution < 1.29 is 15.1 Å². The fourth-order valence-electron chi connectivity index (χ4n) is 0.367. The monoisotopic (exact) mass is 162 g/mol. The van der Waals surface area contributed by atoms with E-state index in [0.29, 0.717) is 0 Å². The van der Waals surface area contributed by atoms with Crippen LogP contribution in [0.15, 0.2) is 5.29 Å². The van der Waals surface area contributed by atoms with Crippen LogP contribution in [0.5, 0.6) is 0 Å². The van der Waals surface area contributed by atoms with E-state index in [1.165, 1.54) is 0 Å². The van der Waals surface area contributed by atoms with Crippen LogP contribution in [0.25, 0.3) is 0 Å². The minimum atomic E-state index is -2.95. The van der Waals surface area contributed by atoms with E-state index in [1.807, 2.05) is 0 Å². The van der Waals surface area contributed by atoms with Crippen LogP contribution < -0.4 is 0 Å². The van der Waals surface area contributed by atoms with Crippen molar-refractivity contribution >= 4 is 11.6 Å². The first-order valence-corrected chi connectivity index (χ1v) is 2.74. The van der Waals surface area contributed by atoms with Gasteiger partial charge < -0.3 is 0 Å². The van der Waals surface area contributed by atoms with Gasteiger partial charge in [-0.15, -0.1) is 4.91 Å². The number of Topliss-reactive ketones (excluding diaryl/α,β-unsaturated/α-hetero) is 2. The van der Waals surface area contributed by atoms with Crippen LogP contribution in [0.2, 0.25) is 0 Å². The molecule has 0 aromatic heterocycles. The predicted octanol–water partition coefficient (Wildman–Crippen LogP) is 0.148. The minimum Gasteiger partial charge on any atom is -0.298 e. The van der Waals surface area contributed by atoms with Crippen LogP contribution in [-0.4, -0.2) is 29.6 Å². The molecule has 0 atom stereocenters. The molecule has 0 heterocycles. The maximum atomic E-state index is 10.8. The molecule has 11 heavy (non-hydrogen) atoms. The Balaban J connectivity index is 5.35. The smallest absolute Gasteiger partial charge is 0.150 e. The largest absolute Gasteiger partial charge is 0.298 e. The normalized spacial score (nSPS) is 16.9. The van der Waals surface area contributed by atoms with Crippen molar-refractivity contribution in [2.75, 3.05) is 13.0 Å². The first kappa shape index (κ1) is 4.58. The van der Waals surface area contributed by atoms with Crippen LogP contribution in [-0.2, 0) is 9.59 Å². The van der Waals surface area contributed by atoms with Gasteiger partial charge in [0.15, 0.2) is 11.6 Å². The lowest BCUT2D eigenvalue weighted by Crippen LogP contribution is -2.27. The number of ketones is 2. The second kappa shape index (κ2) is 4.54. The Bertz CT molecular complexity index is 279. The highest BCUT2D eigenvalue weighted by Crippen LogP contribution is 1.89. The average Bonchev–Trinajstić information content (AvgIpc) is 2.03. The first-order chi connectivity index (χ1) is 6.58. The zero-order valence-corrected chi connectivity index (χ0v) is 6.12. The van der Waals surface area contributed by atoms with E-state index in [9.17, 15) is 14.5 Å². The molecule has 0 bridgehead atoms. The number of rotatable bonds is 5. The van der Waals surface area contributed by atoms with Gasteiger partial charge in [-0.2, -0.15) is 0 Å². The maximum Gasteiger partial charge on any atom is 0.150 e. The highest BCUT2D eigenvalue weighted by molar-refractivity contribution is 5.80. The van der Waals surface area contributed by atoms with Crippen molar-refractivity contribution in [2.45, 2.75) is 13.8 Å². The van der Waals surface area contributed by atoms with Gasteiger partial charge in [0.1, 0.15) is 0 Å². The van der Waals surface area contributed by atoms with Crippen LogP contribution >= 0.6 is 0 Å². The average molecular weight is 162 g/mol. The van der Waals surface area contributed by atoms with Crippen molar-refractivity contribution in [1.29, 1.82) is 0 Å². The lowest BCUT2D eigenvalue weighted by Gasteiger charge is -2.09. The molecule has 5 heteroatoms. The van der Waals surface area contributed by atoms with Crippen molar-refractivity contribution in [3.8, 4) is 0 Å². The van der Waals surface area contributed by atoms with E-state index in [0.717, 1.165) is 13.8 Å². The summed E-state index contributed by atoms with van der Waals surface area (Å²) < 4.78 is 28.6. The molecule has 0 saturated carbocycles. The summed E-state index contributed by atoms with van der Waals surface area (Å²) in [5, 5.41) is 1.75. The molecule has 0 aliphatic rings. The molecule has 0 aromatic carbocycles. The highest BCUT2D eigenvalue weighted by atomic mass is 16.3. The lowest BCUT2D eigenvalue weighted by atomic mass is 10.4. The van der Waals surface area contributed by atoms with E-state index in [1.54, 1.807) is 0 Å². The standard InChI is InChI=1S/C6H10N2O3/c1-5(9)3-8(7-11)4-6(2)10/h3-4H2,1-2H3/i3D2,4D2. The molecule has 62 valence electrons. The molecule has 0 saturated heterocycles. The number of nitrogens with zero attached hydrogens (tertiary/aromatic N) is 2. The molecular weight excluding hydrogens is 148 g/mol. The minimum absolute atomic E-state index is 0.315. The maximum absolute atomic E-state index is 10.8. The third kappa shape index (κ3) is 5.20. The Labute approximate surface area is 69.9 Å². The third-order valence-corrected chi connectivity index (χ3v) is 0.608. The van der Waals surface area contributed by atoms with E-state index < -0.39 is 24.6 Å². The van der Waals surface area contributed by atoms with E-state index in [2.05, 4.69) is 5.29 Å². The summed E-state index contributed by atoms with van der Waals surface area (Å²) in [6, 6.07) is 0. The second-order valence-electron chi connectivity index (χ2n) is 1.73. The Morgan fingerprint density at radius 3 is 1.91 bits per heavy atom. The summed E-state index contributed by atoms with van der Waals surface area (Å²) in [4.78, 5) is 32.0. The van der Waals surface area contributed by atoms with Crippen molar-refractivity contribution in [3.63, 3.8) is 0 Å². The summed E-state index contributed by atoms with van der Waals surface area (Å²) in [7, 11) is 0. The van der Waals surface area contributed by atoms with Gasteiger partial charge in [-0.3, -0.25) is 9.59 Å². The summed E-state index contributed by atoms with van der Waals surface area (Å²) in [5.41, 5.74) is 0. The predicted molar refractivity (Wildman–Crippen MR) is 38.7 cm³/mol. The molecular formula is C6H10N2O3. The molecule has 5 nitrogen and oxygen atoms in total. The van der Waals surface area contributed by atoms with Crippen molar-refractivity contribution in [2.24, 2.45) is 5.29 Å². The van der Waals surface area contributed by atoms with Gasteiger partial charge in [-0.1, -0.05) is 0 Å². The topological polar surface area (TPSA) is 66.8 Å². The lowest BCUT2D eigenvalue weighted by molar-refractivity contribution is -0.120. The van der Waals surface area contributed by atoms with Gasteiger partial charge in [0.2, 0.25) is 0 Å². The van der Waals surface area contributed by atoms with Gasteiger partial charge in [-0.05, 0) is 13.8 Å². The Kier molecular flexibility index (Phi) is 1.89. The number of hydrogen-bond acceptors (Lipinski definition) is 4. The zero-order valence-electron chi connectivity index (χ0n) is 10.1. The first-order valence-electron chi connectivity index (χ1n) is 4.74. The second-order valence-corrected chi connectivity index (χ2v) is 1.73. The van der Waals surface area contributed by atoms with Gasteiger partial charge >= 0.3 is 0 Å². The van der Waals surface area contributed by atoms with E-state index in [-0.39, 0.29) is 5.01 Å². The van der Waals surface area contributed by atoms with E-state index in [4.69, 9.17) is 5.48 Å². The summed E-state index contributed by atoms with van der Waals surface area (Å²) >= 11 is 0. The molecule has 0 rings (SSSR count). The summed E-state index contributed by atoms with van der Waals surface area (Å²) in [6.45, 7) is -4.24. The van der Waals surface area contributed by atoms with Gasteiger partial charge in [0, 0.05) is 0 Å². The van der Waals surface area contributed by atoms with Gasteiger partial charge in [0.25, 0.3) is 0 Å². The molecule has 0 aliphatic carbocycles. The van der Waals surface area contributed by atoms with Gasteiger partial charge in [-0.25, -0.2) is 5.01 Å². The summed E-state index contributed by atoms with van der Waals surface area (Å²) in [5.74, 6) is -2.24.